The summed E-state index contributed by atoms with van der Waals surface area (Å²) in [6, 6.07) is 0. The standard InChI is InChI=1S/C14H26N4/c1-6-9-10-18(8-3)14-11(4)13(15-5)16-12(7-2)17-14/h6-10H2,1-5H3,(H,15,16,17). The molecule has 18 heavy (non-hydrogen) atoms. The van der Waals surface area contributed by atoms with Gasteiger partial charge in [0, 0.05) is 32.1 Å². The summed E-state index contributed by atoms with van der Waals surface area (Å²) >= 11 is 0. The van der Waals surface area contributed by atoms with E-state index in [1.54, 1.807) is 0 Å². The quantitative estimate of drug-likeness (QED) is 0.807. The molecular formula is C14H26N4. The molecule has 1 rings (SSSR count). The van der Waals surface area contributed by atoms with Gasteiger partial charge >= 0.3 is 0 Å². The molecule has 0 aliphatic heterocycles. The van der Waals surface area contributed by atoms with E-state index in [0.29, 0.717) is 0 Å². The molecular weight excluding hydrogens is 224 g/mol. The van der Waals surface area contributed by atoms with E-state index >= 15 is 0 Å². The van der Waals surface area contributed by atoms with E-state index in [1.165, 1.54) is 12.8 Å². The van der Waals surface area contributed by atoms with Crippen molar-refractivity contribution in [2.24, 2.45) is 0 Å². The van der Waals surface area contributed by atoms with Gasteiger partial charge in [-0.1, -0.05) is 20.3 Å². The van der Waals surface area contributed by atoms with Crippen LogP contribution < -0.4 is 10.2 Å². The van der Waals surface area contributed by atoms with Crippen molar-refractivity contribution in [1.82, 2.24) is 9.97 Å². The molecule has 1 heterocycles. The normalized spacial score (nSPS) is 10.5. The van der Waals surface area contributed by atoms with E-state index in [-0.39, 0.29) is 0 Å². The molecule has 1 aromatic rings. The molecule has 0 aliphatic rings. The number of hydrogen-bond acceptors (Lipinski definition) is 4. The first-order valence-electron chi connectivity index (χ1n) is 6.98. The molecule has 1 N–H and O–H groups in total. The lowest BCUT2D eigenvalue weighted by molar-refractivity contribution is 0.716. The maximum atomic E-state index is 4.70. The summed E-state index contributed by atoms with van der Waals surface area (Å²) in [4.78, 5) is 11.6. The zero-order valence-corrected chi connectivity index (χ0v) is 12.4. The van der Waals surface area contributed by atoms with E-state index in [4.69, 9.17) is 4.98 Å². The smallest absolute Gasteiger partial charge is 0.137 e. The first-order chi connectivity index (χ1) is 8.67. The fourth-order valence-corrected chi connectivity index (χ4v) is 2.02. The van der Waals surface area contributed by atoms with E-state index in [2.05, 4.69) is 42.9 Å². The van der Waals surface area contributed by atoms with Crippen LogP contribution in [-0.2, 0) is 6.42 Å². The Labute approximate surface area is 111 Å². The highest BCUT2D eigenvalue weighted by molar-refractivity contribution is 5.58. The minimum Gasteiger partial charge on any atom is -0.373 e. The van der Waals surface area contributed by atoms with Gasteiger partial charge in [-0.2, -0.15) is 0 Å². The Morgan fingerprint density at radius 3 is 2.39 bits per heavy atom. The van der Waals surface area contributed by atoms with E-state index in [9.17, 15) is 0 Å². The van der Waals surface area contributed by atoms with Gasteiger partial charge in [0.25, 0.3) is 0 Å². The van der Waals surface area contributed by atoms with Crippen LogP contribution in [0.2, 0.25) is 0 Å². The van der Waals surface area contributed by atoms with Crippen molar-refractivity contribution in [3.05, 3.63) is 11.4 Å². The van der Waals surface area contributed by atoms with Gasteiger partial charge in [-0.15, -0.1) is 0 Å². The lowest BCUT2D eigenvalue weighted by Crippen LogP contribution is -2.26. The van der Waals surface area contributed by atoms with E-state index < -0.39 is 0 Å². The van der Waals surface area contributed by atoms with Crippen molar-refractivity contribution in [2.75, 3.05) is 30.4 Å². The van der Waals surface area contributed by atoms with Crippen molar-refractivity contribution in [3.63, 3.8) is 0 Å². The van der Waals surface area contributed by atoms with Crippen LogP contribution in [0.25, 0.3) is 0 Å². The molecule has 0 aliphatic carbocycles. The third kappa shape index (κ3) is 3.34. The van der Waals surface area contributed by atoms with Gasteiger partial charge in [-0.05, 0) is 20.3 Å². The fourth-order valence-electron chi connectivity index (χ4n) is 2.02. The molecule has 0 fully saturated rings. The van der Waals surface area contributed by atoms with Crippen LogP contribution in [-0.4, -0.2) is 30.1 Å². The van der Waals surface area contributed by atoms with Crippen molar-refractivity contribution in [2.45, 2.75) is 47.0 Å². The maximum Gasteiger partial charge on any atom is 0.137 e. The van der Waals surface area contributed by atoms with Crippen LogP contribution in [0, 0.1) is 6.92 Å². The molecule has 0 saturated heterocycles. The molecule has 0 bridgehead atoms. The van der Waals surface area contributed by atoms with Crippen LogP contribution in [0.15, 0.2) is 0 Å². The van der Waals surface area contributed by atoms with Crippen molar-refractivity contribution in [3.8, 4) is 0 Å². The molecule has 4 heteroatoms. The average Bonchev–Trinajstić information content (AvgIpc) is 2.41. The third-order valence-corrected chi connectivity index (χ3v) is 3.18. The molecule has 0 atom stereocenters. The first-order valence-corrected chi connectivity index (χ1v) is 6.98. The third-order valence-electron chi connectivity index (χ3n) is 3.18. The molecule has 4 nitrogen and oxygen atoms in total. The molecule has 0 saturated carbocycles. The van der Waals surface area contributed by atoms with Gasteiger partial charge < -0.3 is 10.2 Å². The molecule has 0 spiro atoms. The summed E-state index contributed by atoms with van der Waals surface area (Å²) in [5, 5.41) is 3.17. The summed E-state index contributed by atoms with van der Waals surface area (Å²) in [6.07, 6.45) is 3.28. The minimum atomic E-state index is 0.868. The molecule has 0 aromatic carbocycles. The molecule has 0 radical (unpaired) electrons. The van der Waals surface area contributed by atoms with Gasteiger partial charge in [-0.3, -0.25) is 0 Å². The van der Waals surface area contributed by atoms with Crippen LogP contribution in [0.3, 0.4) is 0 Å². The first kappa shape index (κ1) is 14.7. The minimum absolute atomic E-state index is 0.868. The number of anilines is 2. The number of nitrogens with one attached hydrogen (secondary N) is 1. The average molecular weight is 250 g/mol. The van der Waals surface area contributed by atoms with Gasteiger partial charge in [0.15, 0.2) is 0 Å². The van der Waals surface area contributed by atoms with Crippen molar-refractivity contribution < 1.29 is 0 Å². The van der Waals surface area contributed by atoms with E-state index in [1.807, 2.05) is 7.05 Å². The second kappa shape index (κ2) is 7.19. The number of rotatable bonds is 7. The lowest BCUT2D eigenvalue weighted by atomic mass is 10.2. The zero-order chi connectivity index (χ0) is 13.5. The Hall–Kier alpha value is -1.32. The highest BCUT2D eigenvalue weighted by Crippen LogP contribution is 2.23. The zero-order valence-electron chi connectivity index (χ0n) is 12.4. The Morgan fingerprint density at radius 1 is 1.17 bits per heavy atom. The highest BCUT2D eigenvalue weighted by atomic mass is 15.2. The topological polar surface area (TPSA) is 41.1 Å². The van der Waals surface area contributed by atoms with Crippen LogP contribution in [0.5, 0.6) is 0 Å². The SMILES string of the molecule is CCCCN(CC)c1nc(CC)nc(NC)c1C. The highest BCUT2D eigenvalue weighted by Gasteiger charge is 2.14. The second-order valence-electron chi connectivity index (χ2n) is 4.47. The lowest BCUT2D eigenvalue weighted by Gasteiger charge is -2.25. The number of aromatic nitrogens is 2. The van der Waals surface area contributed by atoms with Gasteiger partial charge in [0.1, 0.15) is 17.5 Å². The summed E-state index contributed by atoms with van der Waals surface area (Å²) in [6.45, 7) is 10.6. The van der Waals surface area contributed by atoms with Crippen molar-refractivity contribution in [1.29, 1.82) is 0 Å². The summed E-state index contributed by atoms with van der Waals surface area (Å²) in [5.41, 5.74) is 1.15. The number of hydrogen-bond donors (Lipinski definition) is 1. The number of nitrogens with zero attached hydrogens (tertiary/aromatic N) is 3. The summed E-state index contributed by atoms with van der Waals surface area (Å²) < 4.78 is 0. The largest absolute Gasteiger partial charge is 0.373 e. The van der Waals surface area contributed by atoms with Gasteiger partial charge in [-0.25, -0.2) is 9.97 Å². The van der Waals surface area contributed by atoms with Gasteiger partial charge in [0.05, 0.1) is 0 Å². The number of aryl methyl sites for hydroxylation is 1. The fraction of sp³-hybridized carbons (Fsp3) is 0.714. The van der Waals surface area contributed by atoms with Crippen molar-refractivity contribution >= 4 is 11.6 Å². The Bertz CT molecular complexity index is 376. The Kier molecular flexibility index (Phi) is 5.89. The van der Waals surface area contributed by atoms with Crippen LogP contribution in [0.1, 0.15) is 45.0 Å². The second-order valence-corrected chi connectivity index (χ2v) is 4.47. The molecule has 1 aromatic heterocycles. The molecule has 102 valence electrons. The molecule has 0 unspecified atom stereocenters. The predicted molar refractivity (Wildman–Crippen MR) is 78.5 cm³/mol. The van der Waals surface area contributed by atoms with Gasteiger partial charge in [0.2, 0.25) is 0 Å². The van der Waals surface area contributed by atoms with Crippen LogP contribution >= 0.6 is 0 Å². The summed E-state index contributed by atoms with van der Waals surface area (Å²) in [5.74, 6) is 2.95. The Morgan fingerprint density at radius 2 is 1.89 bits per heavy atom. The maximum absolute atomic E-state index is 4.70. The monoisotopic (exact) mass is 250 g/mol. The van der Waals surface area contributed by atoms with Crippen LogP contribution in [0.4, 0.5) is 11.6 Å². The Balaban J connectivity index is 3.10. The molecule has 0 amide bonds. The summed E-state index contributed by atoms with van der Waals surface area (Å²) in [7, 11) is 1.92. The van der Waals surface area contributed by atoms with E-state index in [0.717, 1.165) is 42.5 Å². The predicted octanol–water partition coefficient (Wildman–Crippen LogP) is 3.02. The number of unbranched alkanes of at least 4 members (excludes halogenated alkanes) is 1.